The molecule has 1 aliphatic heterocycles. The summed E-state index contributed by atoms with van der Waals surface area (Å²) in [6.07, 6.45) is -3.82. The third-order valence-corrected chi connectivity index (χ3v) is 5.56. The molecular weight excluding hydrogens is 407 g/mol. The Hall–Kier alpha value is -3.46. The predicted molar refractivity (Wildman–Crippen MR) is 109 cm³/mol. The van der Waals surface area contributed by atoms with Gasteiger partial charge < -0.3 is 4.98 Å². The van der Waals surface area contributed by atoms with Crippen LogP contribution in [-0.2, 0) is 25.7 Å². The SMILES string of the molecule is O=c1[nH]c(-c2ccc(C(F)(F)F)cc2)nc2c1CN(Cc1[nH]nc3ccccc13)CC2. The molecule has 9 heteroatoms. The van der Waals surface area contributed by atoms with Crippen LogP contribution < -0.4 is 5.56 Å². The van der Waals surface area contributed by atoms with Crippen LogP contribution in [0.4, 0.5) is 13.2 Å². The molecule has 5 rings (SSSR count). The number of aromatic nitrogens is 4. The average molecular weight is 425 g/mol. The first-order valence-corrected chi connectivity index (χ1v) is 9.82. The molecule has 0 amide bonds. The van der Waals surface area contributed by atoms with E-state index in [9.17, 15) is 18.0 Å². The lowest BCUT2D eigenvalue weighted by atomic mass is 10.1. The molecule has 0 atom stereocenters. The summed E-state index contributed by atoms with van der Waals surface area (Å²) in [5, 5.41) is 8.44. The molecule has 0 spiro atoms. The number of hydrogen-bond donors (Lipinski definition) is 2. The molecular formula is C22H18F3N5O. The summed E-state index contributed by atoms with van der Waals surface area (Å²) in [6.45, 7) is 1.78. The van der Waals surface area contributed by atoms with Crippen LogP contribution in [0.25, 0.3) is 22.3 Å². The second-order valence-electron chi connectivity index (χ2n) is 7.59. The average Bonchev–Trinajstić information content (AvgIpc) is 3.16. The Kier molecular flexibility index (Phi) is 4.62. The number of rotatable bonds is 3. The first-order valence-electron chi connectivity index (χ1n) is 9.82. The highest BCUT2D eigenvalue weighted by molar-refractivity contribution is 5.81. The van der Waals surface area contributed by atoms with E-state index in [1.165, 1.54) is 12.1 Å². The number of nitrogens with one attached hydrogen (secondary N) is 2. The van der Waals surface area contributed by atoms with E-state index in [1.54, 1.807) is 0 Å². The summed E-state index contributed by atoms with van der Waals surface area (Å²) in [7, 11) is 0. The van der Waals surface area contributed by atoms with E-state index in [1.807, 2.05) is 24.3 Å². The molecule has 2 N–H and O–H groups in total. The number of fused-ring (bicyclic) bond motifs is 2. The monoisotopic (exact) mass is 425 g/mol. The van der Waals surface area contributed by atoms with Gasteiger partial charge in [-0.05, 0) is 18.2 Å². The van der Waals surface area contributed by atoms with Gasteiger partial charge >= 0.3 is 6.18 Å². The van der Waals surface area contributed by atoms with Gasteiger partial charge in [0.2, 0.25) is 0 Å². The second-order valence-corrected chi connectivity index (χ2v) is 7.59. The summed E-state index contributed by atoms with van der Waals surface area (Å²) in [5.74, 6) is 0.283. The Morgan fingerprint density at radius 1 is 1.06 bits per heavy atom. The van der Waals surface area contributed by atoms with Crippen molar-refractivity contribution >= 4 is 10.9 Å². The van der Waals surface area contributed by atoms with E-state index < -0.39 is 11.7 Å². The zero-order chi connectivity index (χ0) is 21.6. The smallest absolute Gasteiger partial charge is 0.306 e. The maximum atomic E-state index is 12.8. The number of H-pyrrole nitrogens is 2. The molecule has 0 saturated heterocycles. The first-order chi connectivity index (χ1) is 14.9. The van der Waals surface area contributed by atoms with Crippen molar-refractivity contribution < 1.29 is 13.2 Å². The molecule has 31 heavy (non-hydrogen) atoms. The van der Waals surface area contributed by atoms with Crippen LogP contribution in [0, 0.1) is 0 Å². The van der Waals surface area contributed by atoms with Gasteiger partial charge in [0, 0.05) is 37.0 Å². The Morgan fingerprint density at radius 2 is 1.84 bits per heavy atom. The third-order valence-electron chi connectivity index (χ3n) is 5.56. The number of para-hydroxylation sites is 1. The largest absolute Gasteiger partial charge is 0.416 e. The van der Waals surface area contributed by atoms with Crippen LogP contribution in [0.15, 0.2) is 53.3 Å². The van der Waals surface area contributed by atoms with Crippen LogP contribution in [-0.4, -0.2) is 31.6 Å². The summed E-state index contributed by atoms with van der Waals surface area (Å²) < 4.78 is 38.4. The minimum absolute atomic E-state index is 0.265. The number of hydrogen-bond acceptors (Lipinski definition) is 4. The molecule has 6 nitrogen and oxygen atoms in total. The van der Waals surface area contributed by atoms with Gasteiger partial charge in [-0.15, -0.1) is 0 Å². The minimum Gasteiger partial charge on any atom is -0.306 e. The van der Waals surface area contributed by atoms with Gasteiger partial charge in [0.25, 0.3) is 5.56 Å². The predicted octanol–water partition coefficient (Wildman–Crippen LogP) is 3.89. The molecule has 0 radical (unpaired) electrons. The molecule has 1 aliphatic rings. The fourth-order valence-electron chi connectivity index (χ4n) is 3.93. The van der Waals surface area contributed by atoms with E-state index in [4.69, 9.17) is 0 Å². The van der Waals surface area contributed by atoms with E-state index in [-0.39, 0.29) is 11.4 Å². The van der Waals surface area contributed by atoms with Gasteiger partial charge in [-0.3, -0.25) is 14.8 Å². The van der Waals surface area contributed by atoms with Crippen molar-refractivity contribution in [2.75, 3.05) is 6.54 Å². The second kappa shape index (κ2) is 7.35. The normalized spacial score (nSPS) is 14.7. The van der Waals surface area contributed by atoms with Crippen LogP contribution in [0.1, 0.15) is 22.5 Å². The topological polar surface area (TPSA) is 77.7 Å². The molecule has 0 bridgehead atoms. The van der Waals surface area contributed by atoms with Crippen LogP contribution >= 0.6 is 0 Å². The van der Waals surface area contributed by atoms with Gasteiger partial charge in [0.05, 0.1) is 28.0 Å². The van der Waals surface area contributed by atoms with E-state index in [2.05, 4.69) is 25.1 Å². The van der Waals surface area contributed by atoms with Crippen LogP contribution in [0.3, 0.4) is 0 Å². The van der Waals surface area contributed by atoms with E-state index >= 15 is 0 Å². The molecule has 158 valence electrons. The van der Waals surface area contributed by atoms with Crippen molar-refractivity contribution in [3.05, 3.63) is 81.4 Å². The summed E-state index contributed by atoms with van der Waals surface area (Å²) in [4.78, 5) is 22.1. The van der Waals surface area contributed by atoms with E-state index in [0.717, 1.165) is 28.7 Å². The summed E-state index contributed by atoms with van der Waals surface area (Å²) in [5.41, 5.74) is 2.60. The number of aromatic amines is 2. The molecule has 0 aliphatic carbocycles. The van der Waals surface area contributed by atoms with Gasteiger partial charge in [-0.1, -0.05) is 30.3 Å². The molecule has 2 aromatic carbocycles. The van der Waals surface area contributed by atoms with Crippen molar-refractivity contribution in [1.82, 2.24) is 25.1 Å². The van der Waals surface area contributed by atoms with E-state index in [0.29, 0.717) is 42.9 Å². The Bertz CT molecular complexity index is 1310. The highest BCUT2D eigenvalue weighted by Gasteiger charge is 2.30. The summed E-state index contributed by atoms with van der Waals surface area (Å²) >= 11 is 0. The van der Waals surface area contributed by atoms with Crippen molar-refractivity contribution in [2.45, 2.75) is 25.7 Å². The van der Waals surface area contributed by atoms with Crippen molar-refractivity contribution in [3.63, 3.8) is 0 Å². The standard InChI is InChI=1S/C22H18F3N5O/c23-22(24,25)14-7-5-13(6-8-14)20-26-17-9-10-30(11-16(17)21(31)27-20)12-19-15-3-1-2-4-18(15)28-29-19/h1-8H,9-12H2,(H,28,29)(H,26,27,31). The van der Waals surface area contributed by atoms with Gasteiger partial charge in [0.1, 0.15) is 5.82 Å². The minimum atomic E-state index is -4.40. The Balaban J connectivity index is 1.38. The van der Waals surface area contributed by atoms with Crippen molar-refractivity contribution in [3.8, 4) is 11.4 Å². The number of nitrogens with zero attached hydrogens (tertiary/aromatic N) is 3. The first kappa shape index (κ1) is 19.5. The van der Waals surface area contributed by atoms with Gasteiger partial charge in [0.15, 0.2) is 0 Å². The lowest BCUT2D eigenvalue weighted by Gasteiger charge is -2.27. The summed E-state index contributed by atoms with van der Waals surface area (Å²) in [6, 6.07) is 12.5. The number of halogens is 3. The highest BCUT2D eigenvalue weighted by Crippen LogP contribution is 2.30. The Morgan fingerprint density at radius 3 is 2.61 bits per heavy atom. The molecule has 2 aromatic heterocycles. The van der Waals surface area contributed by atoms with Crippen molar-refractivity contribution in [1.29, 1.82) is 0 Å². The van der Waals surface area contributed by atoms with Gasteiger partial charge in [-0.25, -0.2) is 4.98 Å². The molecule has 0 saturated carbocycles. The lowest BCUT2D eigenvalue weighted by Crippen LogP contribution is -2.35. The zero-order valence-corrected chi connectivity index (χ0v) is 16.3. The van der Waals surface area contributed by atoms with Crippen LogP contribution in [0.5, 0.6) is 0 Å². The molecule has 0 fully saturated rings. The number of benzene rings is 2. The quantitative estimate of drug-likeness (QED) is 0.522. The molecule has 4 aromatic rings. The fourth-order valence-corrected chi connectivity index (χ4v) is 3.93. The maximum absolute atomic E-state index is 12.8. The highest BCUT2D eigenvalue weighted by atomic mass is 19.4. The van der Waals surface area contributed by atoms with Crippen molar-refractivity contribution in [2.24, 2.45) is 0 Å². The zero-order valence-electron chi connectivity index (χ0n) is 16.3. The third kappa shape index (κ3) is 3.72. The fraction of sp³-hybridized carbons (Fsp3) is 0.227. The lowest BCUT2D eigenvalue weighted by molar-refractivity contribution is -0.137. The molecule has 0 unspecified atom stereocenters. The van der Waals surface area contributed by atoms with Crippen LogP contribution in [0.2, 0.25) is 0 Å². The molecule has 3 heterocycles. The number of alkyl halides is 3. The maximum Gasteiger partial charge on any atom is 0.416 e. The Labute approximate surface area is 174 Å². The van der Waals surface area contributed by atoms with Gasteiger partial charge in [-0.2, -0.15) is 18.3 Å².